The van der Waals surface area contributed by atoms with Gasteiger partial charge in [-0.2, -0.15) is 13.2 Å². The van der Waals surface area contributed by atoms with Crippen LogP contribution in [-0.4, -0.2) is 24.1 Å². The van der Waals surface area contributed by atoms with Gasteiger partial charge in [-0.15, -0.1) is 11.3 Å². The van der Waals surface area contributed by atoms with Gasteiger partial charge in [0, 0.05) is 6.20 Å². The Morgan fingerprint density at radius 3 is 2.74 bits per heavy atom. The van der Waals surface area contributed by atoms with E-state index in [1.807, 2.05) is 0 Å². The molecule has 2 aromatic heterocycles. The van der Waals surface area contributed by atoms with E-state index in [-0.39, 0.29) is 5.75 Å². The Balaban J connectivity index is 2.27. The molecule has 0 saturated heterocycles. The van der Waals surface area contributed by atoms with Crippen molar-refractivity contribution in [1.82, 2.24) is 4.98 Å². The van der Waals surface area contributed by atoms with Gasteiger partial charge in [0.15, 0.2) is 12.9 Å². The third-order valence-corrected chi connectivity index (χ3v) is 3.16. The van der Waals surface area contributed by atoms with Crippen molar-refractivity contribution >= 4 is 17.6 Å². The fourth-order valence-corrected chi connectivity index (χ4v) is 2.22. The lowest BCUT2D eigenvalue weighted by Crippen LogP contribution is -2.19. The highest BCUT2D eigenvalue weighted by Gasteiger charge is 2.29. The van der Waals surface area contributed by atoms with Crippen LogP contribution < -0.4 is 4.74 Å². The number of ether oxygens (including phenoxy) is 1. The summed E-state index contributed by atoms with van der Waals surface area (Å²) in [4.78, 5) is 15.7. The number of thiophene rings is 1. The minimum atomic E-state index is -4.41. The molecular weight excluding hydrogens is 279 g/mol. The largest absolute Gasteiger partial charge is 0.482 e. The summed E-state index contributed by atoms with van der Waals surface area (Å²) in [5.41, 5.74) is 0.296. The molecule has 0 N–H and O–H groups in total. The Kier molecular flexibility index (Phi) is 3.84. The fourth-order valence-electron chi connectivity index (χ4n) is 1.40. The molecule has 0 spiro atoms. The monoisotopic (exact) mass is 287 g/mol. The van der Waals surface area contributed by atoms with Crippen LogP contribution in [0.3, 0.4) is 0 Å². The van der Waals surface area contributed by atoms with Gasteiger partial charge in [0.2, 0.25) is 0 Å². The summed E-state index contributed by atoms with van der Waals surface area (Å²) in [7, 11) is 0. The molecule has 0 aliphatic carbocycles. The third kappa shape index (κ3) is 3.54. The molecule has 0 fully saturated rings. The van der Waals surface area contributed by atoms with Gasteiger partial charge in [-0.3, -0.25) is 9.78 Å². The molecule has 2 rings (SSSR count). The minimum absolute atomic E-state index is 0.0409. The van der Waals surface area contributed by atoms with Crippen LogP contribution in [0.25, 0.3) is 10.6 Å². The van der Waals surface area contributed by atoms with Gasteiger partial charge in [-0.25, -0.2) is 0 Å². The van der Waals surface area contributed by atoms with Crippen LogP contribution in [0, 0.1) is 0 Å². The van der Waals surface area contributed by atoms with Crippen molar-refractivity contribution in [2.24, 2.45) is 0 Å². The number of rotatable bonds is 4. The molecule has 3 nitrogen and oxygen atoms in total. The van der Waals surface area contributed by atoms with Crippen molar-refractivity contribution in [2.45, 2.75) is 6.18 Å². The highest BCUT2D eigenvalue weighted by molar-refractivity contribution is 7.17. The van der Waals surface area contributed by atoms with Crippen molar-refractivity contribution < 1.29 is 22.7 Å². The van der Waals surface area contributed by atoms with Crippen molar-refractivity contribution in [3.05, 3.63) is 35.3 Å². The van der Waals surface area contributed by atoms with Gasteiger partial charge >= 0.3 is 6.18 Å². The number of nitrogens with zero attached hydrogens (tertiary/aromatic N) is 1. The first-order valence-electron chi connectivity index (χ1n) is 5.19. The van der Waals surface area contributed by atoms with Crippen molar-refractivity contribution in [3.8, 4) is 16.3 Å². The summed E-state index contributed by atoms with van der Waals surface area (Å²) in [5.74, 6) is 0.0409. The molecule has 0 amide bonds. The molecule has 2 aromatic rings. The smallest absolute Gasteiger partial charge is 0.422 e. The normalized spacial score (nSPS) is 11.3. The van der Waals surface area contributed by atoms with Gasteiger partial charge in [0.1, 0.15) is 11.4 Å². The molecule has 0 aliphatic heterocycles. The number of hydrogen-bond donors (Lipinski definition) is 0. The van der Waals surface area contributed by atoms with Crippen LogP contribution in [0.2, 0.25) is 0 Å². The first-order chi connectivity index (χ1) is 8.99. The van der Waals surface area contributed by atoms with E-state index in [2.05, 4.69) is 4.98 Å². The van der Waals surface area contributed by atoms with E-state index < -0.39 is 12.8 Å². The number of alkyl halides is 3. The number of pyridine rings is 1. The van der Waals surface area contributed by atoms with Crippen molar-refractivity contribution in [3.63, 3.8) is 0 Å². The molecule has 7 heteroatoms. The predicted molar refractivity (Wildman–Crippen MR) is 64.5 cm³/mol. The summed E-state index contributed by atoms with van der Waals surface area (Å²) in [5, 5.41) is 0. The maximum Gasteiger partial charge on any atom is 0.422 e. The standard InChI is InChI=1S/C12H8F3NO2S/c13-12(14,15)7-18-9-2-1-5-16-11(9)10-4-3-8(6-17)19-10/h1-6H,7H2. The van der Waals surface area contributed by atoms with E-state index in [1.54, 1.807) is 12.1 Å². The first-order valence-corrected chi connectivity index (χ1v) is 6.01. The summed E-state index contributed by atoms with van der Waals surface area (Å²) < 4.78 is 41.2. The number of carbonyl (C=O) groups excluding carboxylic acids is 1. The lowest BCUT2D eigenvalue weighted by Gasteiger charge is -2.11. The Morgan fingerprint density at radius 1 is 1.32 bits per heavy atom. The van der Waals surface area contributed by atoms with Crippen LogP contribution in [0.1, 0.15) is 9.67 Å². The summed E-state index contributed by atoms with van der Waals surface area (Å²) in [6, 6.07) is 6.10. The highest BCUT2D eigenvalue weighted by atomic mass is 32.1. The summed E-state index contributed by atoms with van der Waals surface area (Å²) in [6.45, 7) is -1.38. The highest BCUT2D eigenvalue weighted by Crippen LogP contribution is 2.33. The molecule has 0 aromatic carbocycles. The van der Waals surface area contributed by atoms with E-state index in [0.29, 0.717) is 21.7 Å². The van der Waals surface area contributed by atoms with Gasteiger partial charge in [-0.1, -0.05) is 0 Å². The quantitative estimate of drug-likeness (QED) is 0.807. The SMILES string of the molecule is O=Cc1ccc(-c2ncccc2OCC(F)(F)F)s1. The van der Waals surface area contributed by atoms with Crippen LogP contribution >= 0.6 is 11.3 Å². The summed E-state index contributed by atoms with van der Waals surface area (Å²) in [6.07, 6.45) is -2.28. The molecule has 100 valence electrons. The topological polar surface area (TPSA) is 39.2 Å². The maximum absolute atomic E-state index is 12.1. The average molecular weight is 287 g/mol. The van der Waals surface area contributed by atoms with Gasteiger partial charge in [0.25, 0.3) is 0 Å². The number of aromatic nitrogens is 1. The molecule has 0 aliphatic rings. The number of carbonyl (C=O) groups is 1. The van der Waals surface area contributed by atoms with Gasteiger partial charge < -0.3 is 4.74 Å². The maximum atomic E-state index is 12.1. The number of hydrogen-bond acceptors (Lipinski definition) is 4. The van der Waals surface area contributed by atoms with E-state index in [9.17, 15) is 18.0 Å². The predicted octanol–water partition coefficient (Wildman–Crippen LogP) is 3.56. The average Bonchev–Trinajstić information content (AvgIpc) is 2.84. The summed E-state index contributed by atoms with van der Waals surface area (Å²) >= 11 is 1.14. The zero-order valence-electron chi connectivity index (χ0n) is 9.48. The minimum Gasteiger partial charge on any atom is -0.482 e. The van der Waals surface area contributed by atoms with E-state index >= 15 is 0 Å². The van der Waals surface area contributed by atoms with Crippen LogP contribution in [0.4, 0.5) is 13.2 Å². The van der Waals surface area contributed by atoms with Crippen LogP contribution in [0.15, 0.2) is 30.5 Å². The van der Waals surface area contributed by atoms with Gasteiger partial charge in [-0.05, 0) is 24.3 Å². The zero-order chi connectivity index (χ0) is 13.9. The van der Waals surface area contributed by atoms with Crippen LogP contribution in [0.5, 0.6) is 5.75 Å². The van der Waals surface area contributed by atoms with Crippen molar-refractivity contribution in [2.75, 3.05) is 6.61 Å². The molecule has 0 bridgehead atoms. The number of aldehydes is 1. The van der Waals surface area contributed by atoms with E-state index in [0.717, 1.165) is 11.3 Å². The second-order valence-corrected chi connectivity index (χ2v) is 4.69. The fraction of sp³-hybridized carbons (Fsp3) is 0.167. The Hall–Kier alpha value is -1.89. The molecule has 2 heterocycles. The second kappa shape index (κ2) is 5.40. The molecule has 0 atom stereocenters. The lowest BCUT2D eigenvalue weighted by atomic mass is 10.3. The van der Waals surface area contributed by atoms with E-state index in [4.69, 9.17) is 4.74 Å². The Bertz CT molecular complexity index is 580. The molecule has 19 heavy (non-hydrogen) atoms. The molecule has 0 saturated carbocycles. The molecule has 0 unspecified atom stereocenters. The van der Waals surface area contributed by atoms with E-state index in [1.165, 1.54) is 18.3 Å². The first kappa shape index (κ1) is 13.5. The third-order valence-electron chi connectivity index (χ3n) is 2.14. The molecular formula is C12H8F3NO2S. The lowest BCUT2D eigenvalue weighted by molar-refractivity contribution is -0.153. The van der Waals surface area contributed by atoms with Gasteiger partial charge in [0.05, 0.1) is 9.75 Å². The Morgan fingerprint density at radius 2 is 2.11 bits per heavy atom. The molecule has 0 radical (unpaired) electrons. The number of halogens is 3. The Labute approximate surface area is 110 Å². The van der Waals surface area contributed by atoms with Crippen LogP contribution in [-0.2, 0) is 0 Å². The zero-order valence-corrected chi connectivity index (χ0v) is 10.3. The van der Waals surface area contributed by atoms with Crippen molar-refractivity contribution in [1.29, 1.82) is 0 Å². The second-order valence-electron chi connectivity index (χ2n) is 3.57.